The molecule has 3 rings (SSSR count). The fraction of sp³-hybridized carbons (Fsp3) is 0.471. The normalized spacial score (nSPS) is 20.5. The van der Waals surface area contributed by atoms with Gasteiger partial charge in [-0.3, -0.25) is 4.79 Å². The van der Waals surface area contributed by atoms with Gasteiger partial charge >= 0.3 is 0 Å². The second-order valence-electron chi connectivity index (χ2n) is 6.22. The molecule has 0 bridgehead atoms. The van der Waals surface area contributed by atoms with Gasteiger partial charge < -0.3 is 15.2 Å². The Morgan fingerprint density at radius 3 is 3.04 bits per heavy atom. The van der Waals surface area contributed by atoms with E-state index in [0.29, 0.717) is 23.8 Å². The Kier molecular flexibility index (Phi) is 5.20. The van der Waals surface area contributed by atoms with Gasteiger partial charge in [-0.2, -0.15) is 0 Å². The van der Waals surface area contributed by atoms with Crippen LogP contribution in [0.4, 0.5) is 0 Å². The van der Waals surface area contributed by atoms with Crippen LogP contribution in [-0.4, -0.2) is 40.1 Å². The van der Waals surface area contributed by atoms with Gasteiger partial charge in [0, 0.05) is 30.6 Å². The van der Waals surface area contributed by atoms with Crippen molar-refractivity contribution in [1.82, 2.24) is 15.0 Å². The number of nitrogens with two attached hydrogens (primary N) is 1. The largest absolute Gasteiger partial charge is 0.361 e. The van der Waals surface area contributed by atoms with E-state index < -0.39 is 0 Å². The third-order valence-corrected chi connectivity index (χ3v) is 5.33. The first kappa shape index (κ1) is 17.0. The average molecular weight is 346 g/mol. The van der Waals surface area contributed by atoms with Crippen LogP contribution in [0.5, 0.6) is 0 Å². The van der Waals surface area contributed by atoms with Crippen LogP contribution in [0.15, 0.2) is 33.9 Å². The van der Waals surface area contributed by atoms with Crippen LogP contribution in [0.3, 0.4) is 0 Å². The maximum absolute atomic E-state index is 13.0. The maximum Gasteiger partial charge on any atom is 0.256 e. The van der Waals surface area contributed by atoms with Crippen LogP contribution < -0.4 is 5.73 Å². The number of rotatable bonds is 5. The van der Waals surface area contributed by atoms with Crippen molar-refractivity contribution in [2.75, 3.05) is 13.1 Å². The molecule has 7 heteroatoms. The summed E-state index contributed by atoms with van der Waals surface area (Å²) in [5.74, 6) is 1.82. The van der Waals surface area contributed by atoms with Crippen LogP contribution >= 0.6 is 11.8 Å². The predicted molar refractivity (Wildman–Crippen MR) is 92.7 cm³/mol. The van der Waals surface area contributed by atoms with Crippen LogP contribution in [0, 0.1) is 12.8 Å². The van der Waals surface area contributed by atoms with Crippen LogP contribution in [0.25, 0.3) is 0 Å². The molecule has 0 spiro atoms. The maximum atomic E-state index is 13.0. The van der Waals surface area contributed by atoms with E-state index in [1.807, 2.05) is 24.0 Å². The van der Waals surface area contributed by atoms with Crippen molar-refractivity contribution in [2.24, 2.45) is 11.7 Å². The summed E-state index contributed by atoms with van der Waals surface area (Å²) in [6.07, 6.45) is 2.67. The number of thioether (sulfide) groups is 1. The zero-order valence-corrected chi connectivity index (χ0v) is 14.8. The smallest absolute Gasteiger partial charge is 0.256 e. The van der Waals surface area contributed by atoms with Crippen molar-refractivity contribution < 1.29 is 9.32 Å². The number of likely N-dealkylation sites (tertiary alicyclic amines) is 1. The monoisotopic (exact) mass is 346 g/mol. The summed E-state index contributed by atoms with van der Waals surface area (Å²) in [4.78, 5) is 19.3. The summed E-state index contributed by atoms with van der Waals surface area (Å²) < 4.78 is 5.08. The molecule has 1 saturated heterocycles. The number of carbonyl (C=O) groups excluding carboxylic acids is 1. The molecular weight excluding hydrogens is 324 g/mol. The Balaban J connectivity index is 1.74. The number of aryl methyl sites for hydroxylation is 1. The molecule has 2 aromatic rings. The topological polar surface area (TPSA) is 85.2 Å². The van der Waals surface area contributed by atoms with Gasteiger partial charge in [0.25, 0.3) is 5.91 Å². The highest BCUT2D eigenvalue weighted by Crippen LogP contribution is 2.29. The van der Waals surface area contributed by atoms with Crippen molar-refractivity contribution in [3.63, 3.8) is 0 Å². The van der Waals surface area contributed by atoms with E-state index >= 15 is 0 Å². The first-order valence-electron chi connectivity index (χ1n) is 8.09. The third-order valence-electron chi connectivity index (χ3n) is 4.29. The van der Waals surface area contributed by atoms with Crippen molar-refractivity contribution in [3.8, 4) is 0 Å². The summed E-state index contributed by atoms with van der Waals surface area (Å²) >= 11 is 1.50. The molecule has 128 valence electrons. The van der Waals surface area contributed by atoms with E-state index in [9.17, 15) is 4.79 Å². The molecule has 2 N–H and O–H groups in total. The van der Waals surface area contributed by atoms with E-state index in [4.69, 9.17) is 10.3 Å². The molecular formula is C17H22N4O2S. The zero-order valence-electron chi connectivity index (χ0n) is 13.9. The van der Waals surface area contributed by atoms with Crippen molar-refractivity contribution in [1.29, 1.82) is 0 Å². The lowest BCUT2D eigenvalue weighted by atomic mass is 10.1. The first-order valence-corrected chi connectivity index (χ1v) is 9.08. The summed E-state index contributed by atoms with van der Waals surface area (Å²) in [5, 5.41) is 4.71. The summed E-state index contributed by atoms with van der Waals surface area (Å²) in [5.41, 5.74) is 7.26. The number of hydrogen-bond acceptors (Lipinski definition) is 6. The predicted octanol–water partition coefficient (Wildman–Crippen LogP) is 2.48. The summed E-state index contributed by atoms with van der Waals surface area (Å²) in [6.45, 7) is 5.28. The van der Waals surface area contributed by atoms with E-state index in [0.717, 1.165) is 29.4 Å². The Labute approximate surface area is 145 Å². The standard InChI is InChI=1S/C17H22N4O2S/c1-11-6-13(8-18)9-21(11)17(22)15-4-3-5-19-16(15)24-10-14-7-12(2)23-20-14/h3-5,7,11,13H,6,8-10,18H2,1-2H3. The second-order valence-corrected chi connectivity index (χ2v) is 7.18. The lowest BCUT2D eigenvalue weighted by Gasteiger charge is -2.22. The molecule has 0 saturated carbocycles. The molecule has 2 atom stereocenters. The van der Waals surface area contributed by atoms with E-state index in [2.05, 4.69) is 17.1 Å². The highest BCUT2D eigenvalue weighted by molar-refractivity contribution is 7.98. The highest BCUT2D eigenvalue weighted by Gasteiger charge is 2.33. The third kappa shape index (κ3) is 3.62. The van der Waals surface area contributed by atoms with E-state index in [1.165, 1.54) is 11.8 Å². The minimum absolute atomic E-state index is 0.0328. The van der Waals surface area contributed by atoms with Crippen LogP contribution in [0.1, 0.15) is 35.2 Å². The molecule has 3 heterocycles. The Hall–Kier alpha value is -1.86. The molecule has 0 aromatic carbocycles. The van der Waals surface area contributed by atoms with Crippen LogP contribution in [0.2, 0.25) is 0 Å². The number of carbonyl (C=O) groups is 1. The minimum Gasteiger partial charge on any atom is -0.361 e. The second kappa shape index (κ2) is 7.36. The quantitative estimate of drug-likeness (QED) is 0.837. The highest BCUT2D eigenvalue weighted by atomic mass is 32.2. The fourth-order valence-corrected chi connectivity index (χ4v) is 3.91. The Bertz CT molecular complexity index is 718. The summed E-state index contributed by atoms with van der Waals surface area (Å²) in [7, 11) is 0. The number of aromatic nitrogens is 2. The van der Waals surface area contributed by atoms with Gasteiger partial charge in [0.05, 0.1) is 11.3 Å². The van der Waals surface area contributed by atoms with Gasteiger partial charge in [-0.25, -0.2) is 4.98 Å². The molecule has 1 aliphatic rings. The van der Waals surface area contributed by atoms with E-state index in [1.54, 1.807) is 12.3 Å². The number of pyridine rings is 1. The van der Waals surface area contributed by atoms with Gasteiger partial charge in [0.1, 0.15) is 10.8 Å². The molecule has 0 aliphatic carbocycles. The fourth-order valence-electron chi connectivity index (χ4n) is 3.05. The number of nitrogens with zero attached hydrogens (tertiary/aromatic N) is 3. The zero-order chi connectivity index (χ0) is 17.1. The lowest BCUT2D eigenvalue weighted by molar-refractivity contribution is 0.0739. The van der Waals surface area contributed by atoms with Gasteiger partial charge in [-0.05, 0) is 44.9 Å². The molecule has 1 amide bonds. The molecule has 24 heavy (non-hydrogen) atoms. The molecule has 2 aromatic heterocycles. The Morgan fingerprint density at radius 1 is 1.54 bits per heavy atom. The molecule has 1 aliphatic heterocycles. The number of hydrogen-bond donors (Lipinski definition) is 1. The molecule has 1 fully saturated rings. The van der Waals surface area contributed by atoms with Crippen molar-refractivity contribution >= 4 is 17.7 Å². The molecule has 2 unspecified atom stereocenters. The average Bonchev–Trinajstić information content (AvgIpc) is 3.18. The van der Waals surface area contributed by atoms with Crippen molar-refractivity contribution in [2.45, 2.75) is 37.1 Å². The van der Waals surface area contributed by atoms with Gasteiger partial charge in [-0.15, -0.1) is 0 Å². The summed E-state index contributed by atoms with van der Waals surface area (Å²) in [6, 6.07) is 5.75. The lowest BCUT2D eigenvalue weighted by Crippen LogP contribution is -2.34. The van der Waals surface area contributed by atoms with Gasteiger partial charge in [0.15, 0.2) is 0 Å². The Morgan fingerprint density at radius 2 is 2.38 bits per heavy atom. The van der Waals surface area contributed by atoms with Gasteiger partial charge in [0.2, 0.25) is 0 Å². The van der Waals surface area contributed by atoms with E-state index in [-0.39, 0.29) is 11.9 Å². The number of amides is 1. The van der Waals surface area contributed by atoms with Crippen molar-refractivity contribution in [3.05, 3.63) is 41.4 Å². The minimum atomic E-state index is 0.0328. The molecule has 6 nitrogen and oxygen atoms in total. The van der Waals surface area contributed by atoms with Gasteiger partial charge in [-0.1, -0.05) is 16.9 Å². The first-order chi connectivity index (χ1) is 11.6. The molecule has 0 radical (unpaired) electrons. The SMILES string of the molecule is Cc1cc(CSc2ncccc2C(=O)N2CC(CN)CC2C)no1. The van der Waals surface area contributed by atoms with Crippen LogP contribution in [-0.2, 0) is 5.75 Å².